The standard InChI is InChI=1S/C11H18N2OS/c1-10-4-6-11(7-5-10)12-15(14)9-8-13(2)3/h4-7,12H,8-9H2,1-3H3. The van der Waals surface area contributed by atoms with Gasteiger partial charge in [-0.1, -0.05) is 17.7 Å². The Labute approximate surface area is 94.1 Å². The number of nitrogens with one attached hydrogen (secondary N) is 1. The molecule has 1 unspecified atom stereocenters. The number of nitrogens with zero attached hydrogens (tertiary/aromatic N) is 1. The predicted molar refractivity (Wildman–Crippen MR) is 66.4 cm³/mol. The average molecular weight is 226 g/mol. The third-order valence-corrected chi connectivity index (χ3v) is 3.02. The minimum Gasteiger partial charge on any atom is -0.308 e. The Morgan fingerprint density at radius 2 is 1.87 bits per heavy atom. The van der Waals surface area contributed by atoms with Crippen LogP contribution in [0, 0.1) is 6.92 Å². The van der Waals surface area contributed by atoms with Gasteiger partial charge in [0.1, 0.15) is 11.0 Å². The van der Waals surface area contributed by atoms with E-state index in [1.54, 1.807) is 0 Å². The summed E-state index contributed by atoms with van der Waals surface area (Å²) >= 11 is 0. The predicted octanol–water partition coefficient (Wildman–Crippen LogP) is 1.63. The van der Waals surface area contributed by atoms with Crippen LogP contribution in [0.5, 0.6) is 0 Å². The van der Waals surface area contributed by atoms with Crippen LogP contribution in [-0.4, -0.2) is 35.5 Å². The van der Waals surface area contributed by atoms with Gasteiger partial charge in [0.2, 0.25) is 0 Å². The topological polar surface area (TPSA) is 32.3 Å². The molecule has 1 rings (SSSR count). The van der Waals surface area contributed by atoms with Crippen molar-refractivity contribution in [2.75, 3.05) is 31.1 Å². The monoisotopic (exact) mass is 226 g/mol. The first-order chi connectivity index (χ1) is 7.08. The maximum Gasteiger partial charge on any atom is 0.118 e. The molecular formula is C11H18N2OS. The van der Waals surface area contributed by atoms with Crippen molar-refractivity contribution < 1.29 is 4.21 Å². The second kappa shape index (κ2) is 5.88. The molecule has 1 atom stereocenters. The molecule has 4 heteroatoms. The maximum atomic E-state index is 11.6. The first-order valence-corrected chi connectivity index (χ1v) is 6.26. The molecule has 0 aliphatic rings. The van der Waals surface area contributed by atoms with Crippen LogP contribution in [0.3, 0.4) is 0 Å². The number of aryl methyl sites for hydroxylation is 1. The molecular weight excluding hydrogens is 208 g/mol. The summed E-state index contributed by atoms with van der Waals surface area (Å²) in [5, 5.41) is 0. The average Bonchev–Trinajstić information content (AvgIpc) is 2.19. The normalized spacial score (nSPS) is 12.8. The van der Waals surface area contributed by atoms with E-state index in [1.807, 2.05) is 50.2 Å². The lowest BCUT2D eigenvalue weighted by Gasteiger charge is -2.10. The fraction of sp³-hybridized carbons (Fsp3) is 0.455. The Hall–Kier alpha value is -0.870. The van der Waals surface area contributed by atoms with Gasteiger partial charge in [-0.05, 0) is 33.2 Å². The van der Waals surface area contributed by atoms with Crippen LogP contribution < -0.4 is 4.72 Å². The number of benzene rings is 1. The summed E-state index contributed by atoms with van der Waals surface area (Å²) in [6, 6.07) is 7.91. The summed E-state index contributed by atoms with van der Waals surface area (Å²) < 4.78 is 14.5. The zero-order chi connectivity index (χ0) is 11.3. The fourth-order valence-electron chi connectivity index (χ4n) is 1.07. The Kier molecular flexibility index (Phi) is 4.78. The quantitative estimate of drug-likeness (QED) is 0.827. The Morgan fingerprint density at radius 3 is 2.40 bits per heavy atom. The van der Waals surface area contributed by atoms with Gasteiger partial charge in [-0.15, -0.1) is 0 Å². The summed E-state index contributed by atoms with van der Waals surface area (Å²) in [5.74, 6) is 0.640. The minimum atomic E-state index is -0.990. The van der Waals surface area contributed by atoms with E-state index in [2.05, 4.69) is 4.72 Å². The van der Waals surface area contributed by atoms with Crippen molar-refractivity contribution in [3.8, 4) is 0 Å². The van der Waals surface area contributed by atoms with E-state index < -0.39 is 11.0 Å². The van der Waals surface area contributed by atoms with Gasteiger partial charge in [0.25, 0.3) is 0 Å². The molecule has 0 aromatic heterocycles. The summed E-state index contributed by atoms with van der Waals surface area (Å²) in [6.07, 6.45) is 0. The third kappa shape index (κ3) is 4.95. The number of hydrogen-bond donors (Lipinski definition) is 1. The smallest absolute Gasteiger partial charge is 0.118 e. The highest BCUT2D eigenvalue weighted by Gasteiger charge is 2.00. The van der Waals surface area contributed by atoms with E-state index in [0.717, 1.165) is 12.2 Å². The highest BCUT2D eigenvalue weighted by molar-refractivity contribution is 7.86. The third-order valence-electron chi connectivity index (χ3n) is 2.01. The Morgan fingerprint density at radius 1 is 1.27 bits per heavy atom. The van der Waals surface area contributed by atoms with Crippen molar-refractivity contribution in [3.05, 3.63) is 29.8 Å². The molecule has 0 heterocycles. The van der Waals surface area contributed by atoms with Crippen LogP contribution in [-0.2, 0) is 11.0 Å². The zero-order valence-electron chi connectivity index (χ0n) is 9.49. The lowest BCUT2D eigenvalue weighted by molar-refractivity contribution is 0.436. The molecule has 84 valence electrons. The minimum absolute atomic E-state index is 0.640. The van der Waals surface area contributed by atoms with Crippen LogP contribution in [0.1, 0.15) is 5.56 Å². The molecule has 0 radical (unpaired) electrons. The SMILES string of the molecule is Cc1ccc(NS(=O)CCN(C)C)cc1. The largest absolute Gasteiger partial charge is 0.308 e. The second-order valence-corrected chi connectivity index (χ2v) is 5.12. The maximum absolute atomic E-state index is 11.6. The first-order valence-electron chi connectivity index (χ1n) is 4.94. The highest BCUT2D eigenvalue weighted by atomic mass is 32.2. The number of hydrogen-bond acceptors (Lipinski definition) is 2. The molecule has 1 aromatic rings. The molecule has 0 spiro atoms. The Bertz CT molecular complexity index is 322. The lowest BCUT2D eigenvalue weighted by atomic mass is 10.2. The van der Waals surface area contributed by atoms with Crippen molar-refractivity contribution >= 4 is 16.7 Å². The van der Waals surface area contributed by atoms with E-state index >= 15 is 0 Å². The molecule has 1 aromatic carbocycles. The second-order valence-electron chi connectivity index (χ2n) is 3.82. The van der Waals surface area contributed by atoms with Gasteiger partial charge >= 0.3 is 0 Å². The van der Waals surface area contributed by atoms with Crippen molar-refractivity contribution in [1.29, 1.82) is 0 Å². The number of anilines is 1. The summed E-state index contributed by atoms with van der Waals surface area (Å²) in [5.41, 5.74) is 2.12. The molecule has 1 N–H and O–H groups in total. The van der Waals surface area contributed by atoms with Crippen LogP contribution in [0.15, 0.2) is 24.3 Å². The van der Waals surface area contributed by atoms with Crippen molar-refractivity contribution in [2.24, 2.45) is 0 Å². The molecule has 0 saturated heterocycles. The van der Waals surface area contributed by atoms with Crippen LogP contribution in [0.4, 0.5) is 5.69 Å². The molecule has 0 bridgehead atoms. The molecule has 0 aliphatic carbocycles. The van der Waals surface area contributed by atoms with Gasteiger partial charge in [-0.2, -0.15) is 0 Å². The van der Waals surface area contributed by atoms with Crippen molar-refractivity contribution in [1.82, 2.24) is 4.90 Å². The van der Waals surface area contributed by atoms with Gasteiger partial charge in [-0.3, -0.25) is 0 Å². The lowest BCUT2D eigenvalue weighted by Crippen LogP contribution is -2.21. The van der Waals surface area contributed by atoms with Crippen molar-refractivity contribution in [3.63, 3.8) is 0 Å². The van der Waals surface area contributed by atoms with Crippen LogP contribution in [0.25, 0.3) is 0 Å². The molecule has 0 aliphatic heterocycles. The summed E-state index contributed by atoms with van der Waals surface area (Å²) in [7, 11) is 2.96. The highest BCUT2D eigenvalue weighted by Crippen LogP contribution is 2.09. The molecule has 15 heavy (non-hydrogen) atoms. The summed E-state index contributed by atoms with van der Waals surface area (Å²) in [4.78, 5) is 2.02. The Balaban J connectivity index is 2.41. The van der Waals surface area contributed by atoms with E-state index in [4.69, 9.17) is 0 Å². The molecule has 0 amide bonds. The van der Waals surface area contributed by atoms with E-state index in [9.17, 15) is 4.21 Å². The molecule has 3 nitrogen and oxygen atoms in total. The fourth-order valence-corrected chi connectivity index (χ4v) is 2.10. The summed E-state index contributed by atoms with van der Waals surface area (Å²) in [6.45, 7) is 2.86. The van der Waals surface area contributed by atoms with Crippen molar-refractivity contribution in [2.45, 2.75) is 6.92 Å². The van der Waals surface area contributed by atoms with Gasteiger partial charge in [0, 0.05) is 12.2 Å². The van der Waals surface area contributed by atoms with Gasteiger partial charge in [-0.25, -0.2) is 4.21 Å². The zero-order valence-corrected chi connectivity index (χ0v) is 10.3. The molecule has 0 saturated carbocycles. The van der Waals surface area contributed by atoms with E-state index in [-0.39, 0.29) is 0 Å². The van der Waals surface area contributed by atoms with E-state index in [0.29, 0.717) is 5.75 Å². The van der Waals surface area contributed by atoms with Gasteiger partial charge in [0.05, 0.1) is 5.75 Å². The van der Waals surface area contributed by atoms with Crippen LogP contribution in [0.2, 0.25) is 0 Å². The van der Waals surface area contributed by atoms with Gasteiger partial charge in [0.15, 0.2) is 0 Å². The van der Waals surface area contributed by atoms with Gasteiger partial charge < -0.3 is 9.62 Å². The van der Waals surface area contributed by atoms with E-state index in [1.165, 1.54) is 5.56 Å². The van der Waals surface area contributed by atoms with Crippen LogP contribution >= 0.6 is 0 Å². The molecule has 0 fully saturated rings. The first kappa shape index (κ1) is 12.2. The number of rotatable bonds is 5.